The van der Waals surface area contributed by atoms with Gasteiger partial charge in [-0.2, -0.15) is 0 Å². The van der Waals surface area contributed by atoms with Crippen LogP contribution in [0.1, 0.15) is 50.5 Å². The molecule has 0 aliphatic carbocycles. The Hall–Kier alpha value is -4.11. The maximum Gasteiger partial charge on any atom is 0.419 e. The highest BCUT2D eigenvalue weighted by Gasteiger charge is 2.21. The lowest BCUT2D eigenvalue weighted by Crippen LogP contribution is -2.49. The summed E-state index contributed by atoms with van der Waals surface area (Å²) in [5, 5.41) is 2.04. The Morgan fingerprint density at radius 2 is 1.79 bits per heavy atom. The molecule has 0 aliphatic heterocycles. The number of hydrogen-bond donors (Lipinski definition) is 1. The van der Waals surface area contributed by atoms with Gasteiger partial charge >= 0.3 is 6.09 Å². The monoisotopic (exact) mass is 521 g/mol. The normalized spacial score (nSPS) is 11.7. The fourth-order valence-corrected chi connectivity index (χ4v) is 3.62. The van der Waals surface area contributed by atoms with Crippen LogP contribution in [0.3, 0.4) is 0 Å². The highest BCUT2D eigenvalue weighted by Crippen LogP contribution is 2.24. The molecular formula is C29H35N3O6. The van der Waals surface area contributed by atoms with E-state index in [1.165, 1.54) is 15.7 Å². The van der Waals surface area contributed by atoms with Gasteiger partial charge in [-0.25, -0.2) is 9.80 Å². The summed E-state index contributed by atoms with van der Waals surface area (Å²) in [6.45, 7) is 9.78. The van der Waals surface area contributed by atoms with Crippen LogP contribution >= 0.6 is 0 Å². The SMILES string of the molecule is COCCOc1cccc(C(=O)NN(C(=O)C=Cc2cn(C(=O)OC(C)(C)C)c3ccccc23)C(C)C)c1. The van der Waals surface area contributed by atoms with Gasteiger partial charge in [0.15, 0.2) is 0 Å². The van der Waals surface area contributed by atoms with Gasteiger partial charge in [0.25, 0.3) is 11.8 Å². The van der Waals surface area contributed by atoms with Gasteiger partial charge in [-0.15, -0.1) is 0 Å². The Morgan fingerprint density at radius 3 is 2.47 bits per heavy atom. The first kappa shape index (κ1) is 28.5. The summed E-state index contributed by atoms with van der Waals surface area (Å²) in [5.41, 5.74) is 3.71. The van der Waals surface area contributed by atoms with E-state index in [0.717, 1.165) is 5.39 Å². The third-order valence-electron chi connectivity index (χ3n) is 5.37. The van der Waals surface area contributed by atoms with Gasteiger partial charge in [0.05, 0.1) is 12.1 Å². The average Bonchev–Trinajstić information content (AvgIpc) is 3.24. The van der Waals surface area contributed by atoms with Crippen molar-refractivity contribution in [1.29, 1.82) is 0 Å². The minimum Gasteiger partial charge on any atom is -0.491 e. The molecule has 0 fully saturated rings. The van der Waals surface area contributed by atoms with Gasteiger partial charge in [0.1, 0.15) is 18.0 Å². The van der Waals surface area contributed by atoms with Crippen molar-refractivity contribution in [2.24, 2.45) is 0 Å². The maximum absolute atomic E-state index is 13.1. The zero-order valence-corrected chi connectivity index (χ0v) is 22.7. The number of hydrogen-bond acceptors (Lipinski definition) is 6. The lowest BCUT2D eigenvalue weighted by Gasteiger charge is -2.26. The molecule has 38 heavy (non-hydrogen) atoms. The molecule has 3 rings (SSSR count). The molecule has 9 nitrogen and oxygen atoms in total. The largest absolute Gasteiger partial charge is 0.491 e. The molecule has 0 bridgehead atoms. The zero-order chi connectivity index (χ0) is 27.9. The van der Waals surface area contributed by atoms with Gasteiger partial charge in [-0.1, -0.05) is 24.3 Å². The Bertz CT molecular complexity index is 1320. The summed E-state index contributed by atoms with van der Waals surface area (Å²) in [5.74, 6) is -0.340. The average molecular weight is 522 g/mol. The van der Waals surface area contributed by atoms with Crippen LogP contribution in [0.15, 0.2) is 60.8 Å². The second-order valence-corrected chi connectivity index (χ2v) is 9.90. The van der Waals surface area contributed by atoms with Crippen LogP contribution < -0.4 is 10.2 Å². The Morgan fingerprint density at radius 1 is 1.05 bits per heavy atom. The molecule has 3 aromatic rings. The topological polar surface area (TPSA) is 99.1 Å². The van der Waals surface area contributed by atoms with Gasteiger partial charge in [-0.3, -0.25) is 19.6 Å². The van der Waals surface area contributed by atoms with E-state index in [-0.39, 0.29) is 6.04 Å². The van der Waals surface area contributed by atoms with Crippen LogP contribution in [-0.4, -0.2) is 59.5 Å². The summed E-state index contributed by atoms with van der Waals surface area (Å²) >= 11 is 0. The maximum atomic E-state index is 13.1. The molecule has 1 heterocycles. The smallest absolute Gasteiger partial charge is 0.419 e. The second kappa shape index (κ2) is 12.4. The number of aromatic nitrogens is 1. The predicted molar refractivity (Wildman–Crippen MR) is 146 cm³/mol. The highest BCUT2D eigenvalue weighted by molar-refractivity contribution is 6.01. The minimum atomic E-state index is -0.653. The van der Waals surface area contributed by atoms with Gasteiger partial charge in [-0.05, 0) is 65.0 Å². The summed E-state index contributed by atoms with van der Waals surface area (Å²) in [7, 11) is 1.58. The molecule has 2 aromatic carbocycles. The van der Waals surface area contributed by atoms with Crippen molar-refractivity contribution in [3.63, 3.8) is 0 Å². The fraction of sp³-hybridized carbons (Fsp3) is 0.345. The number of hydrazine groups is 1. The third kappa shape index (κ3) is 7.45. The van der Waals surface area contributed by atoms with Crippen molar-refractivity contribution in [1.82, 2.24) is 15.0 Å². The molecular weight excluding hydrogens is 486 g/mol. The summed E-state index contributed by atoms with van der Waals surface area (Å²) in [6.07, 6.45) is 4.11. The lowest BCUT2D eigenvalue weighted by atomic mass is 10.1. The van der Waals surface area contributed by atoms with Gasteiger partial charge < -0.3 is 14.2 Å². The first-order valence-electron chi connectivity index (χ1n) is 12.4. The van der Waals surface area contributed by atoms with E-state index in [1.807, 2.05) is 24.3 Å². The van der Waals surface area contributed by atoms with Crippen LogP contribution in [0.25, 0.3) is 17.0 Å². The van der Waals surface area contributed by atoms with E-state index in [2.05, 4.69) is 5.43 Å². The number of ether oxygens (including phenoxy) is 3. The molecule has 1 aromatic heterocycles. The number of amides is 2. The van der Waals surface area contributed by atoms with Crippen molar-refractivity contribution in [2.75, 3.05) is 20.3 Å². The van der Waals surface area contributed by atoms with Crippen LogP contribution in [0, 0.1) is 0 Å². The molecule has 9 heteroatoms. The number of para-hydroxylation sites is 1. The first-order chi connectivity index (χ1) is 18.0. The van der Waals surface area contributed by atoms with Crippen molar-refractivity contribution >= 4 is 34.9 Å². The molecule has 0 unspecified atom stereocenters. The molecule has 2 amide bonds. The van der Waals surface area contributed by atoms with Gasteiger partial charge in [0.2, 0.25) is 0 Å². The number of nitrogens with one attached hydrogen (secondary N) is 1. The van der Waals surface area contributed by atoms with Crippen LogP contribution in [0.5, 0.6) is 5.75 Å². The van der Waals surface area contributed by atoms with Crippen molar-refractivity contribution in [2.45, 2.75) is 46.3 Å². The van der Waals surface area contributed by atoms with Crippen LogP contribution in [0.2, 0.25) is 0 Å². The van der Waals surface area contributed by atoms with E-state index in [4.69, 9.17) is 14.2 Å². The number of fused-ring (bicyclic) bond motifs is 1. The van der Waals surface area contributed by atoms with Crippen molar-refractivity contribution in [3.8, 4) is 5.75 Å². The Balaban J connectivity index is 1.79. The van der Waals surface area contributed by atoms with E-state index in [0.29, 0.717) is 35.6 Å². The molecule has 0 radical (unpaired) electrons. The Labute approximate surface area is 222 Å². The number of nitrogens with zero attached hydrogens (tertiary/aromatic N) is 2. The summed E-state index contributed by atoms with van der Waals surface area (Å²) in [4.78, 5) is 38.8. The second-order valence-electron chi connectivity index (χ2n) is 9.90. The molecule has 1 N–H and O–H groups in total. The summed E-state index contributed by atoms with van der Waals surface area (Å²) < 4.78 is 17.5. The standard InChI is InChI=1S/C29H35N3O6/c1-20(2)32(30-27(34)21-10-9-11-23(18-21)37-17-16-36-6)26(33)15-14-22-19-31(28(35)38-29(3,4)5)25-13-8-7-12-24(22)25/h7-15,18-20H,16-17H2,1-6H3,(H,30,34). The fourth-order valence-electron chi connectivity index (χ4n) is 3.62. The van der Waals surface area contributed by atoms with Crippen molar-refractivity contribution < 1.29 is 28.6 Å². The number of carbonyl (C=O) groups excluding carboxylic acids is 3. The predicted octanol–water partition coefficient (Wildman–Crippen LogP) is 5.04. The number of rotatable bonds is 8. The van der Waals surface area contributed by atoms with E-state index >= 15 is 0 Å². The van der Waals surface area contributed by atoms with Crippen LogP contribution in [0.4, 0.5) is 4.79 Å². The number of methoxy groups -OCH3 is 1. The third-order valence-corrected chi connectivity index (χ3v) is 5.37. The Kier molecular flexibility index (Phi) is 9.30. The molecule has 0 atom stereocenters. The van der Waals surface area contributed by atoms with E-state index in [9.17, 15) is 14.4 Å². The minimum absolute atomic E-state index is 0.319. The van der Waals surface area contributed by atoms with Gasteiger partial charge in [0, 0.05) is 41.9 Å². The quantitative estimate of drug-likeness (QED) is 0.253. The highest BCUT2D eigenvalue weighted by atomic mass is 16.6. The van der Waals surface area contributed by atoms with Crippen molar-refractivity contribution in [3.05, 3.63) is 71.9 Å². The zero-order valence-electron chi connectivity index (χ0n) is 22.7. The molecule has 0 saturated heterocycles. The first-order valence-corrected chi connectivity index (χ1v) is 12.4. The van der Waals surface area contributed by atoms with Crippen LogP contribution in [-0.2, 0) is 14.3 Å². The lowest BCUT2D eigenvalue weighted by molar-refractivity contribution is -0.130. The summed E-state index contributed by atoms with van der Waals surface area (Å²) in [6, 6.07) is 13.7. The number of benzene rings is 2. The molecule has 0 aliphatic rings. The number of carbonyl (C=O) groups is 3. The molecule has 202 valence electrons. The molecule has 0 saturated carbocycles. The van der Waals surface area contributed by atoms with E-state index < -0.39 is 23.5 Å². The van der Waals surface area contributed by atoms with E-state index in [1.54, 1.807) is 78.3 Å². The molecule has 0 spiro atoms.